The van der Waals surface area contributed by atoms with Crippen LogP contribution in [0.15, 0.2) is 0 Å². The zero-order valence-electron chi connectivity index (χ0n) is 1.52. The van der Waals surface area contributed by atoms with Crippen LogP contribution in [0.5, 0.6) is 0 Å². The van der Waals surface area contributed by atoms with Gasteiger partial charge in [-0.05, 0) is 0 Å². The minimum absolute atomic E-state index is 0. The molecule has 0 atom stereocenters. The molecule has 0 aromatic heterocycles. The van der Waals surface area contributed by atoms with Crippen LogP contribution in [0.2, 0.25) is 0 Å². The summed E-state index contributed by atoms with van der Waals surface area (Å²) in [5.41, 5.74) is 0. The number of halogens is 2. The van der Waals surface area contributed by atoms with Crippen molar-refractivity contribution in [2.75, 3.05) is 0 Å². The van der Waals surface area contributed by atoms with E-state index in [4.69, 9.17) is 0 Å². The van der Waals surface area contributed by atoms with Crippen LogP contribution in [0.3, 0.4) is 0 Å². The van der Waals surface area contributed by atoms with Crippen molar-refractivity contribution < 1.29 is 0 Å². The molecule has 0 unspecified atom stereocenters. The Labute approximate surface area is 60.2 Å². The van der Waals surface area contributed by atoms with Crippen LogP contribution in [0.25, 0.3) is 0 Å². The summed E-state index contributed by atoms with van der Waals surface area (Å²) in [6.07, 6.45) is 0. The Hall–Kier alpha value is 1.54. The second kappa shape index (κ2) is 24.0. The van der Waals surface area contributed by atoms with Gasteiger partial charge in [0, 0.05) is 0 Å². The SMILES string of the molecule is Cl.Cl.N.[NaH]. The molecule has 4 heavy (non-hydrogen) atoms. The monoisotopic (exact) mass is 113 g/mol. The maximum absolute atomic E-state index is 0. The third-order valence-electron chi connectivity index (χ3n) is 0. The molecular formula is H6Cl2NNa. The number of hydrogen-bond donors (Lipinski definition) is 1. The van der Waals surface area contributed by atoms with E-state index < -0.39 is 0 Å². The van der Waals surface area contributed by atoms with Crippen molar-refractivity contribution in [2.24, 2.45) is 0 Å². The molecule has 4 heteroatoms. The van der Waals surface area contributed by atoms with E-state index in [1.54, 1.807) is 0 Å². The van der Waals surface area contributed by atoms with Crippen molar-refractivity contribution in [1.82, 2.24) is 6.15 Å². The first-order chi connectivity index (χ1) is 0. The Bertz CT molecular complexity index is 6.00. The fourth-order valence-electron chi connectivity index (χ4n) is 0. The first-order valence-electron chi connectivity index (χ1n) is 0. The third-order valence-corrected chi connectivity index (χ3v) is 0. The van der Waals surface area contributed by atoms with Crippen LogP contribution in [-0.4, -0.2) is 29.6 Å². The summed E-state index contributed by atoms with van der Waals surface area (Å²) in [4.78, 5) is 0. The Morgan fingerprint density at radius 3 is 0.750 bits per heavy atom. The fourth-order valence-corrected chi connectivity index (χ4v) is 0. The van der Waals surface area contributed by atoms with Gasteiger partial charge in [-0.15, -0.1) is 24.8 Å². The molecule has 0 spiro atoms. The summed E-state index contributed by atoms with van der Waals surface area (Å²) in [6, 6.07) is 0. The van der Waals surface area contributed by atoms with Crippen LogP contribution in [0.4, 0.5) is 0 Å². The zero-order valence-corrected chi connectivity index (χ0v) is 3.16. The molecule has 26 valence electrons. The van der Waals surface area contributed by atoms with E-state index in [-0.39, 0.29) is 60.5 Å². The molecule has 0 radical (unpaired) electrons. The zero-order chi connectivity index (χ0) is 0. The molecule has 3 N–H and O–H groups in total. The number of hydrogen-bond acceptors (Lipinski definition) is 1. The summed E-state index contributed by atoms with van der Waals surface area (Å²) < 4.78 is 0. The van der Waals surface area contributed by atoms with Crippen molar-refractivity contribution in [3.05, 3.63) is 0 Å². The van der Waals surface area contributed by atoms with Gasteiger partial charge in [0.1, 0.15) is 0 Å². The summed E-state index contributed by atoms with van der Waals surface area (Å²) in [7, 11) is 0. The van der Waals surface area contributed by atoms with Crippen molar-refractivity contribution >= 4 is 54.4 Å². The van der Waals surface area contributed by atoms with E-state index in [1.807, 2.05) is 0 Å². The van der Waals surface area contributed by atoms with Gasteiger partial charge in [-0.1, -0.05) is 0 Å². The van der Waals surface area contributed by atoms with Crippen molar-refractivity contribution in [3.8, 4) is 0 Å². The van der Waals surface area contributed by atoms with E-state index >= 15 is 0 Å². The second-order valence-corrected chi connectivity index (χ2v) is 0. The van der Waals surface area contributed by atoms with Gasteiger partial charge < -0.3 is 6.15 Å². The molecule has 0 saturated carbocycles. The topological polar surface area (TPSA) is 35.0 Å². The van der Waals surface area contributed by atoms with E-state index in [0.717, 1.165) is 0 Å². The van der Waals surface area contributed by atoms with Gasteiger partial charge in [-0.3, -0.25) is 0 Å². The molecule has 0 bridgehead atoms. The van der Waals surface area contributed by atoms with Crippen LogP contribution in [-0.2, 0) is 0 Å². The van der Waals surface area contributed by atoms with E-state index in [2.05, 4.69) is 0 Å². The van der Waals surface area contributed by atoms with Gasteiger partial charge in [-0.25, -0.2) is 0 Å². The molecule has 0 aromatic carbocycles. The van der Waals surface area contributed by atoms with Gasteiger partial charge in [0.2, 0.25) is 0 Å². The van der Waals surface area contributed by atoms with Crippen LogP contribution >= 0.6 is 24.8 Å². The molecule has 0 aromatic rings. The molecular weight excluding hydrogens is 108 g/mol. The van der Waals surface area contributed by atoms with E-state index in [1.165, 1.54) is 0 Å². The molecule has 1 nitrogen and oxygen atoms in total. The first kappa shape index (κ1) is 48.1. The summed E-state index contributed by atoms with van der Waals surface area (Å²) in [5, 5.41) is 0. The van der Waals surface area contributed by atoms with Crippen molar-refractivity contribution in [3.63, 3.8) is 0 Å². The fraction of sp³-hybridized carbons (Fsp3) is 0. The van der Waals surface area contributed by atoms with Gasteiger partial charge in [0.05, 0.1) is 0 Å². The first-order valence-corrected chi connectivity index (χ1v) is 0. The summed E-state index contributed by atoms with van der Waals surface area (Å²) in [6.45, 7) is 0. The van der Waals surface area contributed by atoms with Gasteiger partial charge in [0.25, 0.3) is 0 Å². The van der Waals surface area contributed by atoms with E-state index in [9.17, 15) is 0 Å². The molecule has 0 aliphatic rings. The maximum atomic E-state index is 0. The van der Waals surface area contributed by atoms with Crippen LogP contribution < -0.4 is 6.15 Å². The summed E-state index contributed by atoms with van der Waals surface area (Å²) in [5.74, 6) is 0. The van der Waals surface area contributed by atoms with Crippen LogP contribution in [0, 0.1) is 0 Å². The van der Waals surface area contributed by atoms with E-state index in [0.29, 0.717) is 0 Å². The van der Waals surface area contributed by atoms with Crippen LogP contribution in [0.1, 0.15) is 0 Å². The van der Waals surface area contributed by atoms with Crippen molar-refractivity contribution in [2.45, 2.75) is 0 Å². The Morgan fingerprint density at radius 1 is 0.750 bits per heavy atom. The summed E-state index contributed by atoms with van der Waals surface area (Å²) >= 11 is 0. The number of rotatable bonds is 0. The minimum atomic E-state index is 0. The average molecular weight is 114 g/mol. The molecule has 0 aliphatic carbocycles. The molecule has 0 aliphatic heterocycles. The predicted octanol–water partition coefficient (Wildman–Crippen LogP) is 0.357. The molecule has 0 rings (SSSR count). The second-order valence-electron chi connectivity index (χ2n) is 0. The van der Waals surface area contributed by atoms with Crippen molar-refractivity contribution in [1.29, 1.82) is 0 Å². The van der Waals surface area contributed by atoms with Gasteiger partial charge in [-0.2, -0.15) is 0 Å². The molecule has 0 amide bonds. The normalized spacial score (nSPS) is 0. The van der Waals surface area contributed by atoms with Gasteiger partial charge in [0.15, 0.2) is 0 Å². The predicted molar refractivity (Wildman–Crippen MR) is 26.7 cm³/mol. The molecule has 0 heterocycles. The Morgan fingerprint density at radius 2 is 0.750 bits per heavy atom. The third kappa shape index (κ3) is 9.63. The molecule has 0 fully saturated rings. The quantitative estimate of drug-likeness (QED) is 0.453. The van der Waals surface area contributed by atoms with Gasteiger partial charge >= 0.3 is 29.6 Å². The standard InChI is InChI=1S/2ClH.H3N.Na.H/h2*1H;1H3;;. The molecule has 0 saturated heterocycles. The Kier molecular flexibility index (Phi) is 289. The Balaban J connectivity index is 0. The average Bonchev–Trinajstić information content (AvgIpc) is 0.